The summed E-state index contributed by atoms with van der Waals surface area (Å²) in [6, 6.07) is 0. The van der Waals surface area contributed by atoms with Crippen molar-refractivity contribution in [2.45, 2.75) is 39.0 Å². The zero-order valence-corrected chi connectivity index (χ0v) is 25.7. The minimum absolute atomic E-state index is 0.108. The number of benzene rings is 1. The van der Waals surface area contributed by atoms with Gasteiger partial charge >= 0.3 is 12.1 Å². The van der Waals surface area contributed by atoms with Gasteiger partial charge in [0.15, 0.2) is 0 Å². The lowest BCUT2D eigenvalue weighted by Gasteiger charge is -2.20. The Morgan fingerprint density at radius 3 is 1.83 bits per heavy atom. The van der Waals surface area contributed by atoms with Crippen molar-refractivity contribution in [1.82, 2.24) is 5.32 Å². The molecule has 1 aromatic carbocycles. The summed E-state index contributed by atoms with van der Waals surface area (Å²) in [5.74, 6) is -4.70. The number of hydrogen-bond acceptors (Lipinski definition) is 7. The third-order valence-corrected chi connectivity index (χ3v) is 7.95. The lowest BCUT2D eigenvalue weighted by atomic mass is 10.1. The molecule has 1 aromatic rings. The number of hydrogen-bond donors (Lipinski definition) is 4. The predicted molar refractivity (Wildman–Crippen MR) is 147 cm³/mol. The van der Waals surface area contributed by atoms with Gasteiger partial charge in [0.1, 0.15) is 5.75 Å². The number of rotatable bonds is 10. The molecule has 1 unspecified atom stereocenters. The maximum atomic E-state index is 12.9. The zero-order chi connectivity index (χ0) is 28.0. The van der Waals surface area contributed by atoms with Gasteiger partial charge in [-0.3, -0.25) is 23.7 Å². The summed E-state index contributed by atoms with van der Waals surface area (Å²) < 4.78 is 74.0. The van der Waals surface area contributed by atoms with Crippen LogP contribution in [0.5, 0.6) is 0 Å². The van der Waals surface area contributed by atoms with Gasteiger partial charge in [0.2, 0.25) is 17.9 Å². The minimum atomic E-state index is -5.21. The number of carbonyl (C=O) groups is 4. The molecule has 11 nitrogen and oxygen atoms in total. The van der Waals surface area contributed by atoms with Crippen LogP contribution in [0.1, 0.15) is 37.0 Å². The molecule has 0 aromatic heterocycles. The normalized spacial score (nSPS) is 12.5. The average Bonchev–Trinajstić information content (AvgIpc) is 2.69. The third-order valence-electron chi connectivity index (χ3n) is 3.99. The molecule has 18 heteroatoms. The van der Waals surface area contributed by atoms with Gasteiger partial charge in [-0.05, 0) is 74.2 Å². The van der Waals surface area contributed by atoms with Crippen molar-refractivity contribution in [3.8, 4) is 0 Å². The molecule has 0 radical (unpaired) electrons. The predicted octanol–water partition coefficient (Wildman–Crippen LogP) is 3.29. The van der Waals surface area contributed by atoms with Crippen molar-refractivity contribution >= 4 is 113 Å². The van der Waals surface area contributed by atoms with Crippen molar-refractivity contribution < 1.29 is 50.1 Å². The Balaban J connectivity index is 2.97. The summed E-state index contributed by atoms with van der Waals surface area (Å²) in [5, 5.41) is 7.70. The summed E-state index contributed by atoms with van der Waals surface area (Å²) in [7, 11) is -5.06. The Morgan fingerprint density at radius 2 is 1.44 bits per heavy atom. The smallest absolute Gasteiger partial charge is 0.426 e. The van der Waals surface area contributed by atoms with E-state index in [0.29, 0.717) is 22.1 Å². The molecule has 36 heavy (non-hydrogen) atoms. The van der Waals surface area contributed by atoms with Crippen LogP contribution in [0, 0.1) is 10.7 Å². The van der Waals surface area contributed by atoms with Crippen molar-refractivity contribution in [2.75, 3.05) is 22.9 Å². The second kappa shape index (κ2) is 13.7. The molecule has 1 rings (SSSR count). The van der Waals surface area contributed by atoms with Crippen molar-refractivity contribution in [3.05, 3.63) is 16.3 Å². The van der Waals surface area contributed by atoms with E-state index in [1.54, 1.807) is 0 Å². The van der Waals surface area contributed by atoms with E-state index in [-0.39, 0.29) is 18.5 Å². The Morgan fingerprint density at radius 1 is 0.972 bits per heavy atom. The van der Waals surface area contributed by atoms with Crippen LogP contribution in [-0.4, -0.2) is 61.2 Å². The van der Waals surface area contributed by atoms with E-state index < -0.39 is 58.3 Å². The van der Waals surface area contributed by atoms with Gasteiger partial charge in [0.05, 0.1) is 27.6 Å². The van der Waals surface area contributed by atoms with E-state index in [2.05, 4.69) is 20.7 Å². The van der Waals surface area contributed by atoms with Crippen LogP contribution in [0.4, 0.5) is 24.5 Å². The number of amides is 3. The molecule has 0 spiro atoms. The monoisotopic (exact) mass is 875 g/mol. The Bertz CT molecular complexity index is 1120. The number of nitrogens with one attached hydrogen (secondary N) is 3. The highest BCUT2D eigenvalue weighted by Crippen LogP contribution is 2.39. The fourth-order valence-electron chi connectivity index (χ4n) is 2.56. The highest BCUT2D eigenvalue weighted by molar-refractivity contribution is 14.1. The standard InChI is InChI=1S/C18H19F3I3N3O8S/c1-7(28)26-15-12(22)11(13(23)16(14(15)24)27-8(2)29)17(31)25-5-3-4-10(30)35-9(18(19,20)21)6-36(32,33)34/h9H,3-6H2,1-2H3,(H,25,31)(H,26,28)(H,27,29)(H,32,33,34). The summed E-state index contributed by atoms with van der Waals surface area (Å²) in [4.78, 5) is 47.9. The molecule has 0 aliphatic heterocycles. The van der Waals surface area contributed by atoms with Crippen LogP contribution in [0.25, 0.3) is 0 Å². The molecule has 1 atom stereocenters. The number of ether oxygens (including phenoxy) is 1. The van der Waals surface area contributed by atoms with E-state index in [4.69, 9.17) is 4.55 Å². The lowest BCUT2D eigenvalue weighted by Crippen LogP contribution is -2.39. The van der Waals surface area contributed by atoms with Gasteiger partial charge in [-0.2, -0.15) is 21.6 Å². The van der Waals surface area contributed by atoms with Crippen molar-refractivity contribution in [1.29, 1.82) is 0 Å². The quantitative estimate of drug-likeness (QED) is 0.120. The van der Waals surface area contributed by atoms with Gasteiger partial charge in [-0.15, -0.1) is 0 Å². The van der Waals surface area contributed by atoms with E-state index in [1.165, 1.54) is 13.8 Å². The van der Waals surface area contributed by atoms with E-state index in [9.17, 15) is 40.8 Å². The molecule has 3 amide bonds. The van der Waals surface area contributed by atoms with Gasteiger partial charge in [-0.1, -0.05) is 0 Å². The summed E-state index contributed by atoms with van der Waals surface area (Å²) in [5.41, 5.74) is 0.689. The molecule has 0 heterocycles. The molecule has 0 aliphatic carbocycles. The summed E-state index contributed by atoms with van der Waals surface area (Å²) in [6.07, 6.45) is -9.00. The lowest BCUT2D eigenvalue weighted by molar-refractivity contribution is -0.215. The topological polar surface area (TPSA) is 168 Å². The van der Waals surface area contributed by atoms with Crippen molar-refractivity contribution in [3.63, 3.8) is 0 Å². The Labute approximate surface area is 244 Å². The molecule has 0 fully saturated rings. The van der Waals surface area contributed by atoms with Gasteiger partial charge in [0.25, 0.3) is 16.0 Å². The van der Waals surface area contributed by atoms with E-state index in [0.717, 1.165) is 0 Å². The van der Waals surface area contributed by atoms with Gasteiger partial charge in [0, 0.05) is 26.8 Å². The van der Waals surface area contributed by atoms with Crippen molar-refractivity contribution in [2.24, 2.45) is 0 Å². The first kappa shape index (κ1) is 33.0. The van der Waals surface area contributed by atoms with Crippen LogP contribution < -0.4 is 16.0 Å². The number of esters is 1. The maximum absolute atomic E-state index is 12.9. The summed E-state index contributed by atoms with van der Waals surface area (Å²) >= 11 is 5.60. The first-order valence-electron chi connectivity index (χ1n) is 9.60. The average molecular weight is 875 g/mol. The molecule has 0 saturated carbocycles. The van der Waals surface area contributed by atoms with Crippen LogP contribution in [0.15, 0.2) is 0 Å². The molecule has 4 N–H and O–H groups in total. The van der Waals surface area contributed by atoms with Gasteiger partial charge < -0.3 is 20.7 Å². The van der Waals surface area contributed by atoms with Crippen LogP contribution in [0.3, 0.4) is 0 Å². The van der Waals surface area contributed by atoms with Crippen LogP contribution in [0.2, 0.25) is 0 Å². The second-order valence-electron chi connectivity index (χ2n) is 7.06. The third kappa shape index (κ3) is 10.4. The fourth-order valence-corrected chi connectivity index (χ4v) is 7.40. The highest BCUT2D eigenvalue weighted by atomic mass is 127. The second-order valence-corrected chi connectivity index (χ2v) is 11.8. The molecule has 0 saturated heterocycles. The number of anilines is 2. The molecule has 0 aliphatic rings. The molecular weight excluding hydrogens is 856 g/mol. The van der Waals surface area contributed by atoms with E-state index in [1.807, 2.05) is 67.8 Å². The first-order chi connectivity index (χ1) is 16.3. The fraction of sp³-hybridized carbons (Fsp3) is 0.444. The maximum Gasteiger partial charge on any atom is 0.426 e. The number of alkyl halides is 3. The first-order valence-corrected chi connectivity index (χ1v) is 14.4. The van der Waals surface area contributed by atoms with Crippen LogP contribution in [-0.2, 0) is 29.2 Å². The largest absolute Gasteiger partial charge is 0.451 e. The number of halogens is 6. The highest BCUT2D eigenvalue weighted by Gasteiger charge is 2.45. The number of carbonyl (C=O) groups excluding carboxylic acids is 4. The Kier molecular flexibility index (Phi) is 12.6. The Hall–Kier alpha value is -1.01. The SMILES string of the molecule is CC(=O)Nc1c(I)c(NC(C)=O)c(I)c(C(=O)NCCCC(=O)OC(CS(=O)(=O)O)C(F)(F)F)c1I. The van der Waals surface area contributed by atoms with Gasteiger partial charge in [-0.25, -0.2) is 0 Å². The zero-order valence-electron chi connectivity index (χ0n) is 18.4. The molecule has 0 bridgehead atoms. The molecular formula is C18H19F3I3N3O8S. The molecule has 202 valence electrons. The minimum Gasteiger partial charge on any atom is -0.451 e. The summed E-state index contributed by atoms with van der Waals surface area (Å²) in [6.45, 7) is 2.35. The van der Waals surface area contributed by atoms with Crippen LogP contribution >= 0.6 is 67.8 Å². The van der Waals surface area contributed by atoms with E-state index >= 15 is 0 Å².